The van der Waals surface area contributed by atoms with Crippen LogP contribution in [0.3, 0.4) is 0 Å². The highest BCUT2D eigenvalue weighted by molar-refractivity contribution is 5.82. The summed E-state index contributed by atoms with van der Waals surface area (Å²) in [6.45, 7) is 6.91. The fourth-order valence-electron chi connectivity index (χ4n) is 1.80. The summed E-state index contributed by atoms with van der Waals surface area (Å²) >= 11 is 0. The molecule has 2 heteroatoms. The van der Waals surface area contributed by atoms with E-state index in [0.717, 1.165) is 25.8 Å². The molecular formula is C15H23NO. The lowest BCUT2D eigenvalue weighted by Crippen LogP contribution is -2.38. The van der Waals surface area contributed by atoms with Crippen molar-refractivity contribution < 1.29 is 4.79 Å². The molecule has 0 radical (unpaired) electrons. The van der Waals surface area contributed by atoms with Crippen LogP contribution in [0, 0.1) is 5.41 Å². The number of nitrogens with one attached hydrogen (secondary N) is 1. The van der Waals surface area contributed by atoms with Gasteiger partial charge in [-0.25, -0.2) is 0 Å². The molecule has 0 saturated carbocycles. The van der Waals surface area contributed by atoms with Crippen LogP contribution in [0.25, 0.3) is 0 Å². The first kappa shape index (κ1) is 13.8. The largest absolute Gasteiger partial charge is 0.356 e. The number of hydrogen-bond donors (Lipinski definition) is 1. The number of carbonyl (C=O) groups is 1. The Morgan fingerprint density at radius 2 is 1.88 bits per heavy atom. The highest BCUT2D eigenvalue weighted by atomic mass is 16.2. The predicted molar refractivity (Wildman–Crippen MR) is 71.8 cm³/mol. The zero-order valence-electron chi connectivity index (χ0n) is 11.1. The Morgan fingerprint density at radius 1 is 1.24 bits per heavy atom. The molecule has 17 heavy (non-hydrogen) atoms. The van der Waals surface area contributed by atoms with E-state index in [2.05, 4.69) is 24.4 Å². The van der Waals surface area contributed by atoms with Crippen LogP contribution in [0.15, 0.2) is 30.3 Å². The van der Waals surface area contributed by atoms with Crippen LogP contribution in [0.2, 0.25) is 0 Å². The van der Waals surface area contributed by atoms with E-state index in [9.17, 15) is 4.79 Å². The second-order valence-corrected chi connectivity index (χ2v) is 5.16. The van der Waals surface area contributed by atoms with Crippen LogP contribution in [0.5, 0.6) is 0 Å². The number of benzene rings is 1. The number of unbranched alkanes of at least 4 members (excludes halogenated alkanes) is 1. The van der Waals surface area contributed by atoms with E-state index in [4.69, 9.17) is 0 Å². The van der Waals surface area contributed by atoms with E-state index < -0.39 is 0 Å². The molecule has 1 N–H and O–H groups in total. The monoisotopic (exact) mass is 233 g/mol. The quantitative estimate of drug-likeness (QED) is 0.751. The van der Waals surface area contributed by atoms with Crippen molar-refractivity contribution in [3.8, 4) is 0 Å². The van der Waals surface area contributed by atoms with Gasteiger partial charge in [0.05, 0.1) is 0 Å². The van der Waals surface area contributed by atoms with Crippen LogP contribution in [0.4, 0.5) is 0 Å². The molecule has 0 spiro atoms. The van der Waals surface area contributed by atoms with Crippen molar-refractivity contribution in [2.45, 2.75) is 40.0 Å². The Morgan fingerprint density at radius 3 is 2.47 bits per heavy atom. The van der Waals surface area contributed by atoms with Gasteiger partial charge in [0.15, 0.2) is 0 Å². The third-order valence-electron chi connectivity index (χ3n) is 2.92. The summed E-state index contributed by atoms with van der Waals surface area (Å²) in [5.74, 6) is 0.148. The average Bonchev–Trinajstić information content (AvgIpc) is 2.30. The summed E-state index contributed by atoms with van der Waals surface area (Å²) in [6.07, 6.45) is 2.94. The van der Waals surface area contributed by atoms with Crippen molar-refractivity contribution in [3.05, 3.63) is 35.9 Å². The molecule has 0 aliphatic carbocycles. The summed E-state index contributed by atoms with van der Waals surface area (Å²) < 4.78 is 0. The third-order valence-corrected chi connectivity index (χ3v) is 2.92. The Hall–Kier alpha value is -1.31. The third kappa shape index (κ3) is 4.59. The molecule has 94 valence electrons. The van der Waals surface area contributed by atoms with E-state index in [1.165, 1.54) is 5.56 Å². The maximum atomic E-state index is 12.0. The number of rotatable bonds is 6. The highest BCUT2D eigenvalue weighted by Gasteiger charge is 2.27. The van der Waals surface area contributed by atoms with Gasteiger partial charge in [0.1, 0.15) is 0 Å². The van der Waals surface area contributed by atoms with Crippen molar-refractivity contribution in [2.24, 2.45) is 5.41 Å². The first-order valence-corrected chi connectivity index (χ1v) is 6.38. The zero-order chi connectivity index (χ0) is 12.7. The molecule has 2 nitrogen and oxygen atoms in total. The summed E-state index contributed by atoms with van der Waals surface area (Å²) in [4.78, 5) is 12.0. The van der Waals surface area contributed by atoms with Gasteiger partial charge in [-0.3, -0.25) is 4.79 Å². The first-order valence-electron chi connectivity index (χ1n) is 6.38. The minimum Gasteiger partial charge on any atom is -0.356 e. The standard InChI is InChI=1S/C15H23NO/c1-4-5-11-16-14(17)15(2,3)12-13-9-7-6-8-10-13/h6-10H,4-5,11-12H2,1-3H3,(H,16,17). The van der Waals surface area contributed by atoms with Gasteiger partial charge in [-0.15, -0.1) is 0 Å². The molecule has 1 rings (SSSR count). The van der Waals surface area contributed by atoms with Gasteiger partial charge >= 0.3 is 0 Å². The Labute approximate surface area is 104 Å². The molecule has 0 saturated heterocycles. The lowest BCUT2D eigenvalue weighted by molar-refractivity contribution is -0.129. The molecule has 0 bridgehead atoms. The van der Waals surface area contributed by atoms with Crippen molar-refractivity contribution in [1.29, 1.82) is 0 Å². The van der Waals surface area contributed by atoms with E-state index >= 15 is 0 Å². The van der Waals surface area contributed by atoms with Crippen LogP contribution in [-0.2, 0) is 11.2 Å². The summed E-state index contributed by atoms with van der Waals surface area (Å²) in [7, 11) is 0. The van der Waals surface area contributed by atoms with Gasteiger partial charge in [0.25, 0.3) is 0 Å². The first-order chi connectivity index (χ1) is 8.06. The second-order valence-electron chi connectivity index (χ2n) is 5.16. The maximum absolute atomic E-state index is 12.0. The van der Waals surface area contributed by atoms with E-state index in [1.54, 1.807) is 0 Å². The van der Waals surface area contributed by atoms with Crippen molar-refractivity contribution >= 4 is 5.91 Å². The van der Waals surface area contributed by atoms with Crippen LogP contribution < -0.4 is 5.32 Å². The molecule has 1 amide bonds. The summed E-state index contributed by atoms with van der Waals surface area (Å²) in [6, 6.07) is 10.2. The van der Waals surface area contributed by atoms with Crippen LogP contribution in [-0.4, -0.2) is 12.5 Å². The molecule has 1 aromatic carbocycles. The minimum atomic E-state index is -0.338. The van der Waals surface area contributed by atoms with Gasteiger partial charge in [-0.1, -0.05) is 57.5 Å². The lowest BCUT2D eigenvalue weighted by atomic mass is 9.85. The van der Waals surface area contributed by atoms with Crippen LogP contribution >= 0.6 is 0 Å². The van der Waals surface area contributed by atoms with Crippen molar-refractivity contribution in [2.75, 3.05) is 6.54 Å². The molecule has 0 fully saturated rings. The topological polar surface area (TPSA) is 29.1 Å². The number of hydrogen-bond acceptors (Lipinski definition) is 1. The smallest absolute Gasteiger partial charge is 0.225 e. The number of carbonyl (C=O) groups excluding carboxylic acids is 1. The van der Waals surface area contributed by atoms with Gasteiger partial charge in [0, 0.05) is 12.0 Å². The van der Waals surface area contributed by atoms with E-state index in [1.807, 2.05) is 32.0 Å². The van der Waals surface area contributed by atoms with Crippen LogP contribution in [0.1, 0.15) is 39.2 Å². The van der Waals surface area contributed by atoms with Gasteiger partial charge in [-0.2, -0.15) is 0 Å². The second kappa shape index (κ2) is 6.43. The molecule has 0 atom stereocenters. The van der Waals surface area contributed by atoms with Crippen molar-refractivity contribution in [1.82, 2.24) is 5.32 Å². The van der Waals surface area contributed by atoms with Gasteiger partial charge in [-0.05, 0) is 18.4 Å². The van der Waals surface area contributed by atoms with Crippen molar-refractivity contribution in [3.63, 3.8) is 0 Å². The highest BCUT2D eigenvalue weighted by Crippen LogP contribution is 2.21. The Kier molecular flexibility index (Phi) is 5.20. The molecule has 0 aliphatic rings. The zero-order valence-corrected chi connectivity index (χ0v) is 11.1. The fourth-order valence-corrected chi connectivity index (χ4v) is 1.80. The van der Waals surface area contributed by atoms with E-state index in [-0.39, 0.29) is 11.3 Å². The summed E-state index contributed by atoms with van der Waals surface area (Å²) in [5.41, 5.74) is 0.873. The molecule has 0 aromatic heterocycles. The van der Waals surface area contributed by atoms with E-state index in [0.29, 0.717) is 0 Å². The minimum absolute atomic E-state index is 0.148. The molecule has 1 aromatic rings. The fraction of sp³-hybridized carbons (Fsp3) is 0.533. The molecule has 0 aliphatic heterocycles. The summed E-state index contributed by atoms with van der Waals surface area (Å²) in [5, 5.41) is 3.01. The van der Waals surface area contributed by atoms with Gasteiger partial charge in [0.2, 0.25) is 5.91 Å². The average molecular weight is 233 g/mol. The lowest BCUT2D eigenvalue weighted by Gasteiger charge is -2.23. The van der Waals surface area contributed by atoms with Gasteiger partial charge < -0.3 is 5.32 Å². The predicted octanol–water partition coefficient (Wildman–Crippen LogP) is 3.17. The normalized spacial score (nSPS) is 11.2. The molecular weight excluding hydrogens is 210 g/mol. The maximum Gasteiger partial charge on any atom is 0.225 e. The SMILES string of the molecule is CCCCNC(=O)C(C)(C)Cc1ccccc1. The Balaban J connectivity index is 2.52. The number of amides is 1. The Bertz CT molecular complexity index is 343. The molecule has 0 unspecified atom stereocenters. The molecule has 0 heterocycles.